The van der Waals surface area contributed by atoms with Gasteiger partial charge in [-0.25, -0.2) is 9.18 Å². The molecule has 2 aromatic carbocycles. The van der Waals surface area contributed by atoms with Crippen LogP contribution in [0, 0.1) is 5.82 Å². The second kappa shape index (κ2) is 9.59. The van der Waals surface area contributed by atoms with Crippen LogP contribution < -0.4 is 14.8 Å². The maximum Gasteiger partial charge on any atom is 0.322 e. The summed E-state index contributed by atoms with van der Waals surface area (Å²) >= 11 is 1.83. The number of aryl methyl sites for hydroxylation is 1. The van der Waals surface area contributed by atoms with E-state index < -0.39 is 6.04 Å². The topological polar surface area (TPSA) is 55.7 Å². The summed E-state index contributed by atoms with van der Waals surface area (Å²) in [6.45, 7) is 0.434. The SMILES string of the molecule is COc1ccc(NC(=O)N2Cc3c(sc4c3CCCC4)-n3cccc3[C@H]2c2cccc(F)c2)cc1OC. The quantitative estimate of drug-likeness (QED) is 0.327. The smallest absolute Gasteiger partial charge is 0.322 e. The van der Waals surface area contributed by atoms with E-state index in [1.807, 2.05) is 34.4 Å². The van der Waals surface area contributed by atoms with Gasteiger partial charge in [0.2, 0.25) is 0 Å². The number of urea groups is 1. The Balaban J connectivity index is 1.47. The van der Waals surface area contributed by atoms with Crippen molar-refractivity contribution in [3.05, 3.63) is 93.9 Å². The molecule has 2 aromatic heterocycles. The van der Waals surface area contributed by atoms with Gasteiger partial charge in [0, 0.05) is 28.4 Å². The minimum Gasteiger partial charge on any atom is -0.493 e. The van der Waals surface area contributed by atoms with Crippen molar-refractivity contribution in [2.24, 2.45) is 0 Å². The molecule has 6 rings (SSSR count). The standard InChI is InChI=1S/C29H28FN3O3S/c1-35-24-13-12-20(16-25(24)36-2)31-29(34)33-17-22-21-9-3-4-11-26(21)37-28(22)32-14-6-10-23(32)27(33)18-7-5-8-19(30)15-18/h5-8,10,12-16,27H,3-4,9,11,17H2,1-2H3,(H,31,34)/t27-/m1/s1. The Morgan fingerprint density at radius 1 is 1.00 bits per heavy atom. The number of nitrogens with one attached hydrogen (secondary N) is 1. The van der Waals surface area contributed by atoms with Crippen molar-refractivity contribution in [1.82, 2.24) is 9.47 Å². The molecular weight excluding hydrogens is 489 g/mol. The van der Waals surface area contributed by atoms with Crippen LogP contribution in [-0.2, 0) is 19.4 Å². The first-order valence-corrected chi connectivity index (χ1v) is 13.2. The predicted molar refractivity (Wildman–Crippen MR) is 143 cm³/mol. The molecule has 1 aliphatic carbocycles. The summed E-state index contributed by atoms with van der Waals surface area (Å²) in [6.07, 6.45) is 6.50. The zero-order valence-corrected chi connectivity index (χ0v) is 21.6. The van der Waals surface area contributed by atoms with Crippen LogP contribution >= 0.6 is 11.3 Å². The molecule has 2 aliphatic rings. The lowest BCUT2D eigenvalue weighted by Crippen LogP contribution is -2.38. The minimum absolute atomic E-state index is 0.266. The molecule has 0 fully saturated rings. The third-order valence-electron chi connectivity index (χ3n) is 7.24. The van der Waals surface area contributed by atoms with Gasteiger partial charge in [0.25, 0.3) is 0 Å². The van der Waals surface area contributed by atoms with Crippen molar-refractivity contribution < 1.29 is 18.7 Å². The number of ether oxygens (including phenoxy) is 2. The Kier molecular flexibility index (Phi) is 6.12. The average Bonchev–Trinajstić information content (AvgIpc) is 3.50. The van der Waals surface area contributed by atoms with Gasteiger partial charge in [-0.1, -0.05) is 12.1 Å². The van der Waals surface area contributed by atoms with E-state index >= 15 is 0 Å². The fourth-order valence-electron chi connectivity index (χ4n) is 5.52. The van der Waals surface area contributed by atoms with E-state index in [1.54, 1.807) is 38.5 Å². The number of nitrogens with zero attached hydrogens (tertiary/aromatic N) is 2. The fraction of sp³-hybridized carbons (Fsp3) is 0.276. The fourth-order valence-corrected chi connectivity index (χ4v) is 6.93. The monoisotopic (exact) mass is 517 g/mol. The van der Waals surface area contributed by atoms with Gasteiger partial charge in [-0.05, 0) is 73.2 Å². The van der Waals surface area contributed by atoms with Crippen molar-refractivity contribution in [2.75, 3.05) is 19.5 Å². The molecule has 0 spiro atoms. The minimum atomic E-state index is -0.468. The van der Waals surface area contributed by atoms with Gasteiger partial charge in [-0.3, -0.25) is 0 Å². The summed E-state index contributed by atoms with van der Waals surface area (Å²) in [7, 11) is 3.14. The highest BCUT2D eigenvalue weighted by Gasteiger charge is 2.36. The number of methoxy groups -OCH3 is 2. The Bertz CT molecular complexity index is 1480. The number of aromatic nitrogens is 1. The van der Waals surface area contributed by atoms with Crippen LogP contribution in [0.25, 0.3) is 5.00 Å². The molecule has 8 heteroatoms. The van der Waals surface area contributed by atoms with Crippen molar-refractivity contribution in [3.63, 3.8) is 0 Å². The molecule has 190 valence electrons. The maximum atomic E-state index is 14.4. The third-order valence-corrected chi connectivity index (χ3v) is 8.57. The highest BCUT2D eigenvalue weighted by molar-refractivity contribution is 7.15. The van der Waals surface area contributed by atoms with Crippen LogP contribution in [-0.4, -0.2) is 29.7 Å². The van der Waals surface area contributed by atoms with Crippen molar-refractivity contribution in [3.8, 4) is 16.5 Å². The maximum absolute atomic E-state index is 14.4. The Morgan fingerprint density at radius 3 is 2.65 bits per heavy atom. The van der Waals surface area contributed by atoms with E-state index in [1.165, 1.54) is 34.6 Å². The van der Waals surface area contributed by atoms with Gasteiger partial charge in [-0.15, -0.1) is 11.3 Å². The van der Waals surface area contributed by atoms with E-state index in [4.69, 9.17) is 9.47 Å². The molecule has 6 nitrogen and oxygen atoms in total. The van der Waals surface area contributed by atoms with Gasteiger partial charge in [0.05, 0.1) is 32.5 Å². The highest BCUT2D eigenvalue weighted by atomic mass is 32.1. The Hall–Kier alpha value is -3.78. The largest absolute Gasteiger partial charge is 0.493 e. The van der Waals surface area contributed by atoms with Crippen LogP contribution in [0.1, 0.15) is 46.1 Å². The summed E-state index contributed by atoms with van der Waals surface area (Å²) < 4.78 is 27.4. The molecule has 1 atom stereocenters. The molecule has 2 amide bonds. The number of halogens is 1. The first-order chi connectivity index (χ1) is 18.1. The van der Waals surface area contributed by atoms with E-state index in [0.29, 0.717) is 23.7 Å². The summed E-state index contributed by atoms with van der Waals surface area (Å²) in [5.41, 5.74) is 4.82. The second-order valence-electron chi connectivity index (χ2n) is 9.38. The number of anilines is 1. The number of carbonyl (C=O) groups excluding carboxylic acids is 1. The molecule has 0 unspecified atom stereocenters. The number of hydrogen-bond donors (Lipinski definition) is 1. The van der Waals surface area contributed by atoms with Crippen LogP contribution in [0.5, 0.6) is 11.5 Å². The van der Waals surface area contributed by atoms with E-state index in [9.17, 15) is 9.18 Å². The predicted octanol–water partition coefficient (Wildman–Crippen LogP) is 6.71. The van der Waals surface area contributed by atoms with Crippen molar-refractivity contribution in [2.45, 2.75) is 38.3 Å². The number of benzene rings is 2. The number of rotatable bonds is 4. The van der Waals surface area contributed by atoms with Gasteiger partial charge in [0.1, 0.15) is 10.8 Å². The van der Waals surface area contributed by atoms with Gasteiger partial charge < -0.3 is 24.3 Å². The summed E-state index contributed by atoms with van der Waals surface area (Å²) in [5.74, 6) is 0.786. The molecule has 1 aliphatic heterocycles. The van der Waals surface area contributed by atoms with Crippen LogP contribution in [0.4, 0.5) is 14.9 Å². The number of amides is 2. The molecule has 4 aromatic rings. The second-order valence-corrected chi connectivity index (χ2v) is 10.5. The lowest BCUT2D eigenvalue weighted by Gasteiger charge is -2.31. The molecule has 0 radical (unpaired) electrons. The molecule has 0 saturated carbocycles. The van der Waals surface area contributed by atoms with Gasteiger partial charge in [0.15, 0.2) is 11.5 Å². The molecule has 3 heterocycles. The van der Waals surface area contributed by atoms with Crippen LogP contribution in [0.2, 0.25) is 0 Å². The summed E-state index contributed by atoms with van der Waals surface area (Å²) in [4.78, 5) is 17.3. The number of fused-ring (bicyclic) bond motifs is 5. The third kappa shape index (κ3) is 4.15. The lowest BCUT2D eigenvalue weighted by atomic mass is 9.95. The average molecular weight is 518 g/mol. The summed E-state index contributed by atoms with van der Waals surface area (Å²) in [5, 5.41) is 4.22. The van der Waals surface area contributed by atoms with E-state index in [2.05, 4.69) is 16.1 Å². The Morgan fingerprint density at radius 2 is 1.84 bits per heavy atom. The lowest BCUT2D eigenvalue weighted by molar-refractivity contribution is 0.194. The van der Waals surface area contributed by atoms with Gasteiger partial charge >= 0.3 is 6.03 Å². The zero-order valence-electron chi connectivity index (χ0n) is 20.8. The first kappa shape index (κ1) is 23.6. The van der Waals surface area contributed by atoms with Crippen LogP contribution in [0.15, 0.2) is 60.8 Å². The molecule has 1 N–H and O–H groups in total. The highest BCUT2D eigenvalue weighted by Crippen LogP contribution is 2.44. The Labute approximate surface area is 219 Å². The normalized spacial score (nSPS) is 16.3. The van der Waals surface area contributed by atoms with Gasteiger partial charge in [-0.2, -0.15) is 0 Å². The van der Waals surface area contributed by atoms with Crippen molar-refractivity contribution in [1.29, 1.82) is 0 Å². The first-order valence-electron chi connectivity index (χ1n) is 12.4. The summed E-state index contributed by atoms with van der Waals surface area (Å²) in [6, 6.07) is 15.1. The number of hydrogen-bond acceptors (Lipinski definition) is 4. The van der Waals surface area contributed by atoms with Crippen molar-refractivity contribution >= 4 is 23.1 Å². The molecule has 37 heavy (non-hydrogen) atoms. The molecular formula is C29H28FN3O3S. The van der Waals surface area contributed by atoms with E-state index in [-0.39, 0.29) is 11.8 Å². The molecule has 0 saturated heterocycles. The number of thiophene rings is 1. The van der Waals surface area contributed by atoms with E-state index in [0.717, 1.165) is 35.5 Å². The van der Waals surface area contributed by atoms with Crippen LogP contribution in [0.3, 0.4) is 0 Å². The number of carbonyl (C=O) groups is 1. The molecule has 0 bridgehead atoms. The zero-order chi connectivity index (χ0) is 25.5.